The molecule has 0 unspecified atom stereocenters. The Morgan fingerprint density at radius 2 is 2.29 bits per heavy atom. The predicted octanol–water partition coefficient (Wildman–Crippen LogP) is 3.97. The molecule has 0 heterocycles. The number of allylic oxidation sites excluding steroid dienone is 1. The van der Waals surface area contributed by atoms with Crippen molar-refractivity contribution in [3.8, 4) is 0 Å². The van der Waals surface area contributed by atoms with E-state index in [-0.39, 0.29) is 5.82 Å². The van der Waals surface area contributed by atoms with E-state index < -0.39 is 0 Å². The maximum Gasteiger partial charge on any atom is 0.139 e. The zero-order chi connectivity index (χ0) is 10.4. The number of unbranched alkanes of at least 4 members (excludes halogenated alkanes) is 1. The Hall–Kier alpha value is -0.830. The Kier molecular flexibility index (Phi) is 4.66. The van der Waals surface area contributed by atoms with Crippen molar-refractivity contribution in [2.45, 2.75) is 12.8 Å². The number of anilines is 1. The van der Waals surface area contributed by atoms with Crippen molar-refractivity contribution >= 4 is 21.6 Å². The van der Waals surface area contributed by atoms with E-state index in [1.807, 2.05) is 12.1 Å². The highest BCUT2D eigenvalue weighted by Gasteiger charge is 1.99. The van der Waals surface area contributed by atoms with Crippen LogP contribution in [-0.2, 0) is 0 Å². The Balaban J connectivity index is 2.43. The van der Waals surface area contributed by atoms with E-state index in [9.17, 15) is 4.39 Å². The third kappa shape index (κ3) is 3.50. The van der Waals surface area contributed by atoms with Gasteiger partial charge in [0.2, 0.25) is 0 Å². The quantitative estimate of drug-likeness (QED) is 0.622. The molecule has 1 N–H and O–H groups in total. The molecule has 0 aliphatic carbocycles. The molecule has 0 radical (unpaired) electrons. The molecule has 76 valence electrons. The van der Waals surface area contributed by atoms with E-state index in [0.717, 1.165) is 25.1 Å². The van der Waals surface area contributed by atoms with Crippen molar-refractivity contribution in [3.05, 3.63) is 41.1 Å². The summed E-state index contributed by atoms with van der Waals surface area (Å²) in [6.07, 6.45) is 3.87. The Labute approximate surface area is 92.1 Å². The maximum absolute atomic E-state index is 13.1. The van der Waals surface area contributed by atoms with Crippen LogP contribution in [0.2, 0.25) is 0 Å². The molecular weight excluding hydrogens is 245 g/mol. The lowest BCUT2D eigenvalue weighted by atomic mass is 10.2. The summed E-state index contributed by atoms with van der Waals surface area (Å²) in [5, 5.41) is 3.14. The van der Waals surface area contributed by atoms with Gasteiger partial charge in [0, 0.05) is 12.2 Å². The van der Waals surface area contributed by atoms with E-state index in [1.165, 1.54) is 6.07 Å². The number of hydrogen-bond acceptors (Lipinski definition) is 1. The molecule has 0 atom stereocenters. The fraction of sp³-hybridized carbons (Fsp3) is 0.273. The average Bonchev–Trinajstić information content (AvgIpc) is 2.18. The topological polar surface area (TPSA) is 12.0 Å². The van der Waals surface area contributed by atoms with E-state index in [0.29, 0.717) is 4.47 Å². The number of nitrogens with one attached hydrogen (secondary N) is 1. The summed E-state index contributed by atoms with van der Waals surface area (Å²) in [6, 6.07) is 5.03. The lowest BCUT2D eigenvalue weighted by molar-refractivity contribution is 0.621. The second kappa shape index (κ2) is 5.81. The summed E-state index contributed by atoms with van der Waals surface area (Å²) in [6.45, 7) is 4.48. The van der Waals surface area contributed by atoms with Gasteiger partial charge in [-0.2, -0.15) is 0 Å². The second-order valence-electron chi connectivity index (χ2n) is 2.99. The van der Waals surface area contributed by atoms with Gasteiger partial charge in [0.15, 0.2) is 0 Å². The Bertz CT molecular complexity index is 312. The molecule has 0 aliphatic rings. The van der Waals surface area contributed by atoms with Crippen LogP contribution in [0.15, 0.2) is 35.3 Å². The second-order valence-corrected chi connectivity index (χ2v) is 3.84. The third-order valence-electron chi connectivity index (χ3n) is 1.83. The number of hydrogen-bond donors (Lipinski definition) is 1. The molecule has 3 heteroatoms. The predicted molar refractivity (Wildman–Crippen MR) is 62.0 cm³/mol. The van der Waals surface area contributed by atoms with Crippen molar-refractivity contribution < 1.29 is 4.39 Å². The van der Waals surface area contributed by atoms with Crippen LogP contribution in [0.4, 0.5) is 10.1 Å². The van der Waals surface area contributed by atoms with Gasteiger partial charge in [0.25, 0.3) is 0 Å². The van der Waals surface area contributed by atoms with Crippen LogP contribution in [-0.4, -0.2) is 6.54 Å². The van der Waals surface area contributed by atoms with Gasteiger partial charge < -0.3 is 5.32 Å². The standard InChI is InChI=1S/C11H13BrFN/c1-2-3-4-7-14-9-5-6-10(12)11(13)8-9/h2,5-6,8,14H,1,3-4,7H2. The van der Waals surface area contributed by atoms with Crippen LogP contribution in [0.3, 0.4) is 0 Å². The molecule has 14 heavy (non-hydrogen) atoms. The molecule has 0 bridgehead atoms. The minimum Gasteiger partial charge on any atom is -0.385 e. The SMILES string of the molecule is C=CCCCNc1ccc(Br)c(F)c1. The van der Waals surface area contributed by atoms with E-state index in [4.69, 9.17) is 0 Å². The van der Waals surface area contributed by atoms with Gasteiger partial charge in [-0.15, -0.1) is 6.58 Å². The van der Waals surface area contributed by atoms with Crippen molar-refractivity contribution in [2.75, 3.05) is 11.9 Å². The maximum atomic E-state index is 13.1. The lowest BCUT2D eigenvalue weighted by Gasteiger charge is -2.05. The molecule has 0 aliphatic heterocycles. The first kappa shape index (κ1) is 11.2. The van der Waals surface area contributed by atoms with Gasteiger partial charge in [0.1, 0.15) is 5.82 Å². The summed E-state index contributed by atoms with van der Waals surface area (Å²) in [4.78, 5) is 0. The molecular formula is C11H13BrFN. The summed E-state index contributed by atoms with van der Waals surface area (Å²) in [5.74, 6) is -0.237. The van der Waals surface area contributed by atoms with Gasteiger partial charge >= 0.3 is 0 Å². The van der Waals surface area contributed by atoms with Gasteiger partial charge in [-0.05, 0) is 47.0 Å². The number of halogens is 2. The first-order valence-electron chi connectivity index (χ1n) is 4.54. The monoisotopic (exact) mass is 257 g/mol. The van der Waals surface area contributed by atoms with Crippen molar-refractivity contribution in [2.24, 2.45) is 0 Å². The molecule has 1 rings (SSSR count). The highest BCUT2D eigenvalue weighted by molar-refractivity contribution is 9.10. The van der Waals surface area contributed by atoms with Crippen molar-refractivity contribution in [1.82, 2.24) is 0 Å². The van der Waals surface area contributed by atoms with E-state index in [2.05, 4.69) is 27.8 Å². The minimum absolute atomic E-state index is 0.237. The summed E-state index contributed by atoms with van der Waals surface area (Å²) in [5.41, 5.74) is 0.815. The fourth-order valence-corrected chi connectivity index (χ4v) is 1.33. The molecule has 0 saturated carbocycles. The van der Waals surface area contributed by atoms with Crippen LogP contribution in [0.25, 0.3) is 0 Å². The smallest absolute Gasteiger partial charge is 0.139 e. The van der Waals surface area contributed by atoms with Gasteiger partial charge in [-0.25, -0.2) is 4.39 Å². The fourth-order valence-electron chi connectivity index (χ4n) is 1.09. The molecule has 0 spiro atoms. The van der Waals surface area contributed by atoms with Gasteiger partial charge in [0.05, 0.1) is 4.47 Å². The normalized spacial score (nSPS) is 9.86. The van der Waals surface area contributed by atoms with Crippen molar-refractivity contribution in [3.63, 3.8) is 0 Å². The molecule has 0 fully saturated rings. The number of benzene rings is 1. The Morgan fingerprint density at radius 1 is 1.50 bits per heavy atom. The van der Waals surface area contributed by atoms with Crippen LogP contribution >= 0.6 is 15.9 Å². The van der Waals surface area contributed by atoms with Gasteiger partial charge in [-0.3, -0.25) is 0 Å². The molecule has 1 aromatic rings. The molecule has 1 aromatic carbocycles. The molecule has 0 saturated heterocycles. The van der Waals surface area contributed by atoms with Crippen LogP contribution in [0, 0.1) is 5.82 Å². The minimum atomic E-state index is -0.237. The highest BCUT2D eigenvalue weighted by Crippen LogP contribution is 2.19. The highest BCUT2D eigenvalue weighted by atomic mass is 79.9. The molecule has 0 aromatic heterocycles. The van der Waals surface area contributed by atoms with E-state index in [1.54, 1.807) is 6.07 Å². The molecule has 1 nitrogen and oxygen atoms in total. The van der Waals surface area contributed by atoms with Crippen LogP contribution < -0.4 is 5.32 Å². The average molecular weight is 258 g/mol. The van der Waals surface area contributed by atoms with Gasteiger partial charge in [-0.1, -0.05) is 6.08 Å². The zero-order valence-electron chi connectivity index (χ0n) is 7.89. The summed E-state index contributed by atoms with van der Waals surface area (Å²) >= 11 is 3.11. The largest absolute Gasteiger partial charge is 0.385 e. The molecule has 0 amide bonds. The Morgan fingerprint density at radius 3 is 2.93 bits per heavy atom. The lowest BCUT2D eigenvalue weighted by Crippen LogP contribution is -2.01. The first-order valence-corrected chi connectivity index (χ1v) is 5.33. The number of rotatable bonds is 5. The van der Waals surface area contributed by atoms with Crippen LogP contribution in [0.1, 0.15) is 12.8 Å². The van der Waals surface area contributed by atoms with Crippen LogP contribution in [0.5, 0.6) is 0 Å². The zero-order valence-corrected chi connectivity index (χ0v) is 9.48. The van der Waals surface area contributed by atoms with Crippen molar-refractivity contribution in [1.29, 1.82) is 0 Å². The third-order valence-corrected chi connectivity index (χ3v) is 2.48. The summed E-state index contributed by atoms with van der Waals surface area (Å²) in [7, 11) is 0. The first-order chi connectivity index (χ1) is 6.74. The van der Waals surface area contributed by atoms with E-state index >= 15 is 0 Å². The summed E-state index contributed by atoms with van der Waals surface area (Å²) < 4.78 is 13.5.